The molecule has 3 aromatic rings. The maximum Gasteiger partial charge on any atom is 0.231 e. The van der Waals surface area contributed by atoms with Crippen LogP contribution in [-0.4, -0.2) is 25.9 Å². The van der Waals surface area contributed by atoms with Gasteiger partial charge in [-0.2, -0.15) is 0 Å². The van der Waals surface area contributed by atoms with E-state index in [9.17, 15) is 8.42 Å². The van der Waals surface area contributed by atoms with Crippen molar-refractivity contribution in [3.8, 4) is 0 Å². The average Bonchev–Trinajstić information content (AvgIpc) is 2.95. The van der Waals surface area contributed by atoms with E-state index in [0.717, 1.165) is 0 Å². The van der Waals surface area contributed by atoms with Gasteiger partial charge in [-0.15, -0.1) is 0 Å². The number of aromatic amines is 1. The van der Waals surface area contributed by atoms with Crippen molar-refractivity contribution in [1.29, 1.82) is 5.41 Å². The molecule has 5 nitrogen and oxygen atoms in total. The van der Waals surface area contributed by atoms with E-state index in [4.69, 9.17) is 21.7 Å². The lowest BCUT2D eigenvalue weighted by atomic mass is 10.2. The van der Waals surface area contributed by atoms with Gasteiger partial charge in [-0.1, -0.05) is 29.8 Å². The molecule has 0 fully saturated rings. The number of halogens is 1. The van der Waals surface area contributed by atoms with Crippen LogP contribution in [-0.2, 0) is 14.6 Å². The van der Waals surface area contributed by atoms with Gasteiger partial charge in [0.1, 0.15) is 10.6 Å². The summed E-state index contributed by atoms with van der Waals surface area (Å²) >= 11 is 6.04. The van der Waals surface area contributed by atoms with Crippen LogP contribution in [0.2, 0.25) is 5.02 Å². The third-order valence-corrected chi connectivity index (χ3v) is 5.64. The molecule has 0 aliphatic heterocycles. The Labute approximate surface area is 144 Å². The molecule has 0 saturated heterocycles. The number of hydrogen-bond donors (Lipinski definition) is 2. The minimum absolute atomic E-state index is 0.00431. The Morgan fingerprint density at radius 3 is 2.58 bits per heavy atom. The van der Waals surface area contributed by atoms with E-state index in [2.05, 4.69) is 4.98 Å². The number of aromatic nitrogens is 1. The van der Waals surface area contributed by atoms with Crippen LogP contribution < -0.4 is 0 Å². The summed E-state index contributed by atoms with van der Waals surface area (Å²) < 4.78 is 31.5. The first-order valence-corrected chi connectivity index (χ1v) is 9.14. The minimum Gasteiger partial charge on any atom is -0.477 e. The summed E-state index contributed by atoms with van der Waals surface area (Å²) in [6, 6.07) is 13.0. The number of benzene rings is 2. The molecule has 0 amide bonds. The smallest absolute Gasteiger partial charge is 0.231 e. The standard InChI is InChI=1S/C17H15ClN2O3S/c1-2-23-17(19)15-16(13-10-11(18)8-9-14(13)20-15)24(21,22)12-6-4-3-5-7-12/h3-10,19-20H,2H2,1H3. The molecule has 1 aromatic heterocycles. The summed E-state index contributed by atoms with van der Waals surface area (Å²) in [5, 5.41) is 8.90. The Bertz CT molecular complexity index is 1010. The lowest BCUT2D eigenvalue weighted by Gasteiger charge is -2.08. The number of sulfone groups is 1. The molecule has 0 aliphatic rings. The fourth-order valence-electron chi connectivity index (χ4n) is 2.51. The first-order chi connectivity index (χ1) is 11.4. The van der Waals surface area contributed by atoms with Crippen LogP contribution in [0.25, 0.3) is 10.9 Å². The summed E-state index contributed by atoms with van der Waals surface area (Å²) in [5.74, 6) is -0.223. The largest absolute Gasteiger partial charge is 0.477 e. The molecule has 124 valence electrons. The van der Waals surface area contributed by atoms with Crippen LogP contribution in [0.3, 0.4) is 0 Å². The van der Waals surface area contributed by atoms with Gasteiger partial charge in [-0.25, -0.2) is 8.42 Å². The minimum atomic E-state index is -3.84. The molecule has 3 rings (SSSR count). The number of ether oxygens (including phenoxy) is 1. The Morgan fingerprint density at radius 1 is 1.21 bits per heavy atom. The number of nitrogens with one attached hydrogen (secondary N) is 2. The van der Waals surface area contributed by atoms with Crippen molar-refractivity contribution in [3.63, 3.8) is 0 Å². The van der Waals surface area contributed by atoms with Crippen LogP contribution in [0.1, 0.15) is 12.6 Å². The molecule has 2 N–H and O–H groups in total. The number of hydrogen-bond acceptors (Lipinski definition) is 4. The summed E-state index contributed by atoms with van der Waals surface area (Å²) in [4.78, 5) is 3.12. The van der Waals surface area contributed by atoms with Crippen molar-refractivity contribution >= 4 is 38.2 Å². The Kier molecular flexibility index (Phi) is 4.34. The second-order valence-electron chi connectivity index (χ2n) is 5.10. The number of rotatable bonds is 4. The molecule has 0 atom stereocenters. The lowest BCUT2D eigenvalue weighted by molar-refractivity contribution is 0.324. The predicted molar refractivity (Wildman–Crippen MR) is 93.7 cm³/mol. The van der Waals surface area contributed by atoms with Crippen molar-refractivity contribution < 1.29 is 13.2 Å². The Morgan fingerprint density at radius 2 is 1.92 bits per heavy atom. The van der Waals surface area contributed by atoms with Gasteiger partial charge in [0.2, 0.25) is 15.7 Å². The molecule has 0 bridgehead atoms. The second-order valence-corrected chi connectivity index (χ2v) is 7.42. The maximum atomic E-state index is 13.1. The molecule has 0 aliphatic carbocycles. The van der Waals surface area contributed by atoms with E-state index in [1.807, 2.05) is 0 Å². The zero-order valence-corrected chi connectivity index (χ0v) is 14.4. The van der Waals surface area contributed by atoms with Gasteiger partial charge in [-0.3, -0.25) is 5.41 Å². The van der Waals surface area contributed by atoms with Crippen LogP contribution in [0, 0.1) is 5.41 Å². The van der Waals surface area contributed by atoms with E-state index >= 15 is 0 Å². The summed E-state index contributed by atoms with van der Waals surface area (Å²) in [5.41, 5.74) is 0.700. The normalized spacial score (nSPS) is 11.6. The first-order valence-electron chi connectivity index (χ1n) is 7.28. The van der Waals surface area contributed by atoms with Gasteiger partial charge in [0.25, 0.3) is 0 Å². The van der Waals surface area contributed by atoms with Gasteiger partial charge < -0.3 is 9.72 Å². The molecular formula is C17H15ClN2O3S. The third-order valence-electron chi connectivity index (χ3n) is 3.55. The van der Waals surface area contributed by atoms with Crippen LogP contribution in [0.4, 0.5) is 0 Å². The van der Waals surface area contributed by atoms with Gasteiger partial charge in [0, 0.05) is 15.9 Å². The molecular weight excluding hydrogens is 348 g/mol. The van der Waals surface area contributed by atoms with E-state index in [-0.39, 0.29) is 28.0 Å². The zero-order valence-electron chi connectivity index (χ0n) is 12.8. The summed E-state index contributed by atoms with van der Waals surface area (Å²) in [6.07, 6.45) is 0. The van der Waals surface area contributed by atoms with Gasteiger partial charge >= 0.3 is 0 Å². The van der Waals surface area contributed by atoms with Crippen molar-refractivity contribution in [1.82, 2.24) is 4.98 Å². The third kappa shape index (κ3) is 2.79. The fraction of sp³-hybridized carbons (Fsp3) is 0.118. The second kappa shape index (κ2) is 6.30. The van der Waals surface area contributed by atoms with E-state index < -0.39 is 9.84 Å². The highest BCUT2D eigenvalue weighted by atomic mass is 35.5. The molecule has 0 spiro atoms. The molecule has 24 heavy (non-hydrogen) atoms. The van der Waals surface area contributed by atoms with Gasteiger partial charge in [0.15, 0.2) is 0 Å². The SMILES string of the molecule is CCOC(=N)c1[nH]c2ccc(Cl)cc2c1S(=O)(=O)c1ccccc1. The van der Waals surface area contributed by atoms with Crippen molar-refractivity contribution in [3.05, 3.63) is 59.2 Å². The zero-order chi connectivity index (χ0) is 17.3. The highest BCUT2D eigenvalue weighted by Gasteiger charge is 2.28. The molecule has 0 unspecified atom stereocenters. The highest BCUT2D eigenvalue weighted by molar-refractivity contribution is 7.91. The fourth-order valence-corrected chi connectivity index (χ4v) is 4.31. The molecule has 7 heteroatoms. The number of fused-ring (bicyclic) bond motifs is 1. The highest BCUT2D eigenvalue weighted by Crippen LogP contribution is 2.33. The molecule has 1 heterocycles. The van der Waals surface area contributed by atoms with Crippen molar-refractivity contribution in [2.24, 2.45) is 0 Å². The lowest BCUT2D eigenvalue weighted by Crippen LogP contribution is -2.11. The Hall–Kier alpha value is -2.31. The molecule has 0 saturated carbocycles. The maximum absolute atomic E-state index is 13.1. The van der Waals surface area contributed by atoms with Gasteiger partial charge in [-0.05, 0) is 37.3 Å². The monoisotopic (exact) mass is 362 g/mol. The average molecular weight is 363 g/mol. The van der Waals surface area contributed by atoms with Crippen LogP contribution in [0.15, 0.2) is 58.3 Å². The first kappa shape index (κ1) is 16.5. The Balaban J connectivity index is 2.34. The number of H-pyrrole nitrogens is 1. The molecule has 2 aromatic carbocycles. The van der Waals surface area contributed by atoms with Crippen molar-refractivity contribution in [2.45, 2.75) is 16.7 Å². The van der Waals surface area contributed by atoms with Crippen LogP contribution in [0.5, 0.6) is 0 Å². The van der Waals surface area contributed by atoms with Crippen molar-refractivity contribution in [2.75, 3.05) is 6.61 Å². The summed E-state index contributed by atoms with van der Waals surface area (Å²) in [6.45, 7) is 2.00. The van der Waals surface area contributed by atoms with E-state index in [1.165, 1.54) is 12.1 Å². The predicted octanol–water partition coefficient (Wildman–Crippen LogP) is 4.02. The quantitative estimate of drug-likeness (QED) is 0.543. The summed E-state index contributed by atoms with van der Waals surface area (Å²) in [7, 11) is -3.84. The topological polar surface area (TPSA) is 83.0 Å². The van der Waals surface area contributed by atoms with E-state index in [1.54, 1.807) is 43.3 Å². The molecule has 0 radical (unpaired) electrons. The van der Waals surface area contributed by atoms with Crippen LogP contribution >= 0.6 is 11.6 Å². The van der Waals surface area contributed by atoms with Gasteiger partial charge in [0.05, 0.1) is 11.5 Å². The van der Waals surface area contributed by atoms with E-state index in [0.29, 0.717) is 15.9 Å².